The maximum absolute atomic E-state index is 11.7. The quantitative estimate of drug-likeness (QED) is 0.842. The van der Waals surface area contributed by atoms with E-state index in [4.69, 9.17) is 4.74 Å². The summed E-state index contributed by atoms with van der Waals surface area (Å²) in [6.07, 6.45) is 0.0635. The van der Waals surface area contributed by atoms with E-state index in [0.29, 0.717) is 6.42 Å². The molecule has 0 saturated heterocycles. The summed E-state index contributed by atoms with van der Waals surface area (Å²) in [5.74, 6) is -0.190. The first-order valence-corrected chi connectivity index (χ1v) is 6.24. The lowest BCUT2D eigenvalue weighted by Gasteiger charge is -2.18. The van der Waals surface area contributed by atoms with Gasteiger partial charge in [-0.3, -0.25) is 4.79 Å². The summed E-state index contributed by atoms with van der Waals surface area (Å²) in [7, 11) is 0. The van der Waals surface area contributed by atoms with Gasteiger partial charge >= 0.3 is 0 Å². The van der Waals surface area contributed by atoms with E-state index in [1.54, 1.807) is 0 Å². The van der Waals surface area contributed by atoms with E-state index in [2.05, 4.69) is 5.32 Å². The van der Waals surface area contributed by atoms with Gasteiger partial charge in [-0.25, -0.2) is 0 Å². The molecule has 1 amide bonds. The van der Waals surface area contributed by atoms with Gasteiger partial charge in [0.15, 0.2) is 0 Å². The zero-order chi connectivity index (χ0) is 13.1. The third kappa shape index (κ3) is 2.89. The van der Waals surface area contributed by atoms with Crippen LogP contribution in [0.1, 0.15) is 31.0 Å². The molecular formula is C14H19NO3. The summed E-state index contributed by atoms with van der Waals surface area (Å²) >= 11 is 0. The molecule has 0 saturated carbocycles. The van der Waals surface area contributed by atoms with Gasteiger partial charge in [-0.05, 0) is 25.0 Å². The Bertz CT molecular complexity index is 431. The van der Waals surface area contributed by atoms with Gasteiger partial charge in [0.05, 0.1) is 18.2 Å². The van der Waals surface area contributed by atoms with Crippen LogP contribution < -0.4 is 5.32 Å². The van der Waals surface area contributed by atoms with Crippen molar-refractivity contribution in [1.29, 1.82) is 0 Å². The minimum atomic E-state index is -0.551. The van der Waals surface area contributed by atoms with Crippen molar-refractivity contribution in [3.8, 4) is 0 Å². The minimum Gasteiger partial charge on any atom is -0.390 e. The van der Waals surface area contributed by atoms with Gasteiger partial charge in [0.1, 0.15) is 6.61 Å². The van der Waals surface area contributed by atoms with Crippen LogP contribution in [0.2, 0.25) is 0 Å². The largest absolute Gasteiger partial charge is 0.390 e. The molecule has 1 aromatic rings. The van der Waals surface area contributed by atoms with Crippen molar-refractivity contribution in [2.45, 2.75) is 38.5 Å². The minimum absolute atomic E-state index is 0.0246. The van der Waals surface area contributed by atoms with Crippen molar-refractivity contribution in [3.63, 3.8) is 0 Å². The first-order chi connectivity index (χ1) is 8.58. The van der Waals surface area contributed by atoms with Crippen molar-refractivity contribution < 1.29 is 14.6 Å². The number of aliphatic hydroxyl groups excluding tert-OH is 1. The van der Waals surface area contributed by atoms with Crippen molar-refractivity contribution in [3.05, 3.63) is 35.4 Å². The monoisotopic (exact) mass is 249 g/mol. The number of aliphatic hydroxyl groups is 1. The molecule has 4 heteroatoms. The summed E-state index contributed by atoms with van der Waals surface area (Å²) in [6, 6.07) is 7.47. The molecule has 2 rings (SSSR count). The average Bonchev–Trinajstić information content (AvgIpc) is 2.64. The highest BCUT2D eigenvalue weighted by molar-refractivity contribution is 5.78. The fourth-order valence-electron chi connectivity index (χ4n) is 2.21. The molecule has 0 bridgehead atoms. The van der Waals surface area contributed by atoms with Crippen LogP contribution in [0, 0.1) is 0 Å². The lowest BCUT2D eigenvalue weighted by atomic mass is 10.1. The second kappa shape index (κ2) is 5.50. The number of hydrogen-bond acceptors (Lipinski definition) is 3. The fraction of sp³-hybridized carbons (Fsp3) is 0.500. The van der Waals surface area contributed by atoms with Gasteiger partial charge in [0.2, 0.25) is 5.91 Å². The highest BCUT2D eigenvalue weighted by atomic mass is 16.5. The zero-order valence-electron chi connectivity index (χ0n) is 10.7. The number of hydrogen-bond donors (Lipinski definition) is 2. The zero-order valence-corrected chi connectivity index (χ0v) is 10.7. The summed E-state index contributed by atoms with van der Waals surface area (Å²) in [4.78, 5) is 11.7. The Balaban J connectivity index is 1.99. The maximum Gasteiger partial charge on any atom is 0.246 e. The Morgan fingerprint density at radius 2 is 2.22 bits per heavy atom. The summed E-state index contributed by atoms with van der Waals surface area (Å²) in [5.41, 5.74) is 2.10. The Kier molecular flexibility index (Phi) is 3.99. The van der Waals surface area contributed by atoms with Crippen LogP contribution in [0.25, 0.3) is 0 Å². The first kappa shape index (κ1) is 13.1. The van der Waals surface area contributed by atoms with E-state index in [-0.39, 0.29) is 24.7 Å². The topological polar surface area (TPSA) is 58.6 Å². The number of carbonyl (C=O) groups excluding carboxylic acids is 1. The number of amides is 1. The third-order valence-electron chi connectivity index (χ3n) is 3.07. The van der Waals surface area contributed by atoms with E-state index in [1.165, 1.54) is 0 Å². The van der Waals surface area contributed by atoms with Crippen molar-refractivity contribution in [1.82, 2.24) is 5.32 Å². The van der Waals surface area contributed by atoms with Crippen LogP contribution >= 0.6 is 0 Å². The lowest BCUT2D eigenvalue weighted by molar-refractivity contribution is -0.128. The number of fused-ring (bicyclic) bond motifs is 1. The SMILES string of the molecule is CC(C)OCC(=O)N[C@H]1c2ccccc2C[C@H]1O. The second-order valence-corrected chi connectivity index (χ2v) is 4.88. The van der Waals surface area contributed by atoms with Crippen molar-refractivity contribution in [2.75, 3.05) is 6.61 Å². The molecule has 1 aromatic carbocycles. The predicted octanol–water partition coefficient (Wildman–Crippen LogP) is 1.19. The number of nitrogens with one attached hydrogen (secondary N) is 1. The smallest absolute Gasteiger partial charge is 0.246 e. The van der Waals surface area contributed by atoms with Crippen LogP contribution in [-0.4, -0.2) is 29.8 Å². The molecule has 0 spiro atoms. The first-order valence-electron chi connectivity index (χ1n) is 6.24. The Morgan fingerprint density at radius 1 is 1.50 bits per heavy atom. The fourth-order valence-corrected chi connectivity index (χ4v) is 2.21. The van der Waals surface area contributed by atoms with E-state index in [1.807, 2.05) is 38.1 Å². The Labute approximate surface area is 107 Å². The second-order valence-electron chi connectivity index (χ2n) is 4.88. The molecule has 4 nitrogen and oxygen atoms in total. The standard InChI is InChI=1S/C14H19NO3/c1-9(2)18-8-13(17)15-14-11-6-4-3-5-10(11)7-12(14)16/h3-6,9,12,14,16H,7-8H2,1-2H3,(H,15,17)/t12-,14+/m1/s1. The third-order valence-corrected chi connectivity index (χ3v) is 3.07. The molecule has 0 heterocycles. The van der Waals surface area contributed by atoms with E-state index >= 15 is 0 Å². The van der Waals surface area contributed by atoms with Crippen LogP contribution in [0.5, 0.6) is 0 Å². The Morgan fingerprint density at radius 3 is 2.94 bits per heavy atom. The van der Waals surface area contributed by atoms with E-state index in [0.717, 1.165) is 11.1 Å². The van der Waals surface area contributed by atoms with Gasteiger partial charge in [-0.2, -0.15) is 0 Å². The average molecular weight is 249 g/mol. The van der Waals surface area contributed by atoms with Crippen LogP contribution in [-0.2, 0) is 16.0 Å². The molecule has 0 aromatic heterocycles. The van der Waals surface area contributed by atoms with Gasteiger partial charge < -0.3 is 15.2 Å². The molecule has 2 N–H and O–H groups in total. The lowest BCUT2D eigenvalue weighted by Crippen LogP contribution is -2.36. The molecular weight excluding hydrogens is 230 g/mol. The number of carbonyl (C=O) groups is 1. The number of benzene rings is 1. The van der Waals surface area contributed by atoms with Crippen LogP contribution in [0.3, 0.4) is 0 Å². The van der Waals surface area contributed by atoms with Crippen LogP contribution in [0.15, 0.2) is 24.3 Å². The highest BCUT2D eigenvalue weighted by Gasteiger charge is 2.31. The van der Waals surface area contributed by atoms with Crippen molar-refractivity contribution >= 4 is 5.91 Å². The molecule has 0 fully saturated rings. The van der Waals surface area contributed by atoms with Gasteiger partial charge in [0, 0.05) is 6.42 Å². The highest BCUT2D eigenvalue weighted by Crippen LogP contribution is 2.30. The van der Waals surface area contributed by atoms with E-state index in [9.17, 15) is 9.90 Å². The Hall–Kier alpha value is -1.39. The molecule has 98 valence electrons. The molecule has 18 heavy (non-hydrogen) atoms. The normalized spacial score (nSPS) is 22.0. The predicted molar refractivity (Wildman–Crippen MR) is 68.1 cm³/mol. The summed E-state index contributed by atoms with van der Waals surface area (Å²) in [5, 5.41) is 12.8. The molecule has 0 unspecified atom stereocenters. The van der Waals surface area contributed by atoms with Crippen LogP contribution in [0.4, 0.5) is 0 Å². The molecule has 1 aliphatic carbocycles. The molecule has 0 radical (unpaired) electrons. The molecule has 1 aliphatic rings. The molecule has 2 atom stereocenters. The molecule has 0 aliphatic heterocycles. The van der Waals surface area contributed by atoms with Gasteiger partial charge in [-0.15, -0.1) is 0 Å². The van der Waals surface area contributed by atoms with Gasteiger partial charge in [-0.1, -0.05) is 24.3 Å². The van der Waals surface area contributed by atoms with E-state index < -0.39 is 6.10 Å². The van der Waals surface area contributed by atoms with Crippen molar-refractivity contribution in [2.24, 2.45) is 0 Å². The van der Waals surface area contributed by atoms with Gasteiger partial charge in [0.25, 0.3) is 0 Å². The number of rotatable bonds is 4. The summed E-state index contributed by atoms with van der Waals surface area (Å²) in [6.45, 7) is 3.79. The summed E-state index contributed by atoms with van der Waals surface area (Å²) < 4.78 is 5.24. The number of ether oxygens (including phenoxy) is 1. The maximum atomic E-state index is 11.7.